The van der Waals surface area contributed by atoms with Crippen molar-refractivity contribution in [1.82, 2.24) is 4.31 Å². The van der Waals surface area contributed by atoms with E-state index in [4.69, 9.17) is 10.5 Å². The van der Waals surface area contributed by atoms with Crippen LogP contribution in [0, 0.1) is 0 Å². The van der Waals surface area contributed by atoms with Crippen LogP contribution in [0.2, 0.25) is 0 Å². The average molecular weight is 314 g/mol. The lowest BCUT2D eigenvalue weighted by atomic mass is 10.2. The molecule has 0 spiro atoms. The molecule has 21 heavy (non-hydrogen) atoms. The van der Waals surface area contributed by atoms with Gasteiger partial charge >= 0.3 is 5.97 Å². The standard InChI is InChI=1S/C13H18N2O5S/c1-15(10-5-6-20-8-10)21(17,18)12-4-3-9(7-11(12)14)13(16)19-2/h3-4,7,10H,5-6,8,14H2,1-2H3. The van der Waals surface area contributed by atoms with Crippen molar-refractivity contribution >= 4 is 21.7 Å². The largest absolute Gasteiger partial charge is 0.465 e. The Kier molecular flexibility index (Phi) is 4.50. The lowest BCUT2D eigenvalue weighted by Gasteiger charge is -2.23. The molecule has 2 rings (SSSR count). The summed E-state index contributed by atoms with van der Waals surface area (Å²) in [6.07, 6.45) is 0.649. The van der Waals surface area contributed by atoms with Gasteiger partial charge in [0.15, 0.2) is 0 Å². The van der Waals surface area contributed by atoms with E-state index in [0.717, 1.165) is 0 Å². The SMILES string of the molecule is COC(=O)c1ccc(S(=O)(=O)N(C)C2CCOC2)c(N)c1. The minimum Gasteiger partial charge on any atom is -0.465 e. The molecule has 7 nitrogen and oxygen atoms in total. The zero-order valence-corrected chi connectivity index (χ0v) is 12.7. The van der Waals surface area contributed by atoms with E-state index >= 15 is 0 Å². The predicted molar refractivity (Wildman–Crippen MR) is 76.4 cm³/mol. The van der Waals surface area contributed by atoms with E-state index < -0.39 is 16.0 Å². The number of nitrogens with zero attached hydrogens (tertiary/aromatic N) is 1. The zero-order chi connectivity index (χ0) is 15.6. The second-order valence-electron chi connectivity index (χ2n) is 4.78. The van der Waals surface area contributed by atoms with E-state index in [1.807, 2.05) is 0 Å². The van der Waals surface area contributed by atoms with Gasteiger partial charge in [0.05, 0.1) is 31.0 Å². The maximum absolute atomic E-state index is 12.6. The first-order chi connectivity index (χ1) is 9.87. The van der Waals surface area contributed by atoms with Gasteiger partial charge in [0.2, 0.25) is 10.0 Å². The Morgan fingerprint density at radius 2 is 2.19 bits per heavy atom. The molecule has 0 aliphatic carbocycles. The average Bonchev–Trinajstić information content (AvgIpc) is 2.99. The van der Waals surface area contributed by atoms with Crippen LogP contribution in [-0.4, -0.2) is 52.1 Å². The molecular formula is C13H18N2O5S. The molecule has 0 bridgehead atoms. The second kappa shape index (κ2) is 6.00. The molecule has 1 aliphatic heterocycles. The molecule has 0 aromatic heterocycles. The van der Waals surface area contributed by atoms with Crippen LogP contribution in [0.5, 0.6) is 0 Å². The Labute approximate surface area is 123 Å². The van der Waals surface area contributed by atoms with Gasteiger partial charge < -0.3 is 15.2 Å². The molecule has 1 heterocycles. The molecule has 1 unspecified atom stereocenters. The van der Waals surface area contributed by atoms with Crippen molar-refractivity contribution in [2.45, 2.75) is 17.4 Å². The lowest BCUT2D eigenvalue weighted by molar-refractivity contribution is 0.0600. The van der Waals surface area contributed by atoms with Crippen molar-refractivity contribution < 1.29 is 22.7 Å². The maximum Gasteiger partial charge on any atom is 0.337 e. The number of nitrogens with two attached hydrogens (primary N) is 1. The highest BCUT2D eigenvalue weighted by Crippen LogP contribution is 2.26. The fourth-order valence-electron chi connectivity index (χ4n) is 2.19. The van der Waals surface area contributed by atoms with Crippen LogP contribution >= 0.6 is 0 Å². The maximum atomic E-state index is 12.6. The zero-order valence-electron chi connectivity index (χ0n) is 11.9. The minimum atomic E-state index is -3.73. The molecule has 116 valence electrons. The molecule has 0 amide bonds. The summed E-state index contributed by atoms with van der Waals surface area (Å²) in [6, 6.07) is 3.81. The third-order valence-electron chi connectivity index (χ3n) is 3.51. The summed E-state index contributed by atoms with van der Waals surface area (Å²) in [5, 5.41) is 0. The lowest BCUT2D eigenvalue weighted by Crippen LogP contribution is -2.37. The van der Waals surface area contributed by atoms with Crippen LogP contribution in [0.15, 0.2) is 23.1 Å². The number of carbonyl (C=O) groups is 1. The smallest absolute Gasteiger partial charge is 0.337 e. The number of benzene rings is 1. The van der Waals surface area contributed by atoms with Crippen molar-refractivity contribution in [2.75, 3.05) is 33.1 Å². The van der Waals surface area contributed by atoms with Crippen molar-refractivity contribution in [3.8, 4) is 0 Å². The van der Waals surface area contributed by atoms with E-state index in [1.165, 1.54) is 36.7 Å². The quantitative estimate of drug-likeness (QED) is 0.640. The summed E-state index contributed by atoms with van der Waals surface area (Å²) in [5.74, 6) is -0.566. The fraction of sp³-hybridized carbons (Fsp3) is 0.462. The third kappa shape index (κ3) is 3.02. The summed E-state index contributed by atoms with van der Waals surface area (Å²) in [6.45, 7) is 0.914. The van der Waals surface area contributed by atoms with E-state index in [1.54, 1.807) is 0 Å². The van der Waals surface area contributed by atoms with Gasteiger partial charge in [-0.15, -0.1) is 0 Å². The number of sulfonamides is 1. The number of carbonyl (C=O) groups excluding carboxylic acids is 1. The van der Waals surface area contributed by atoms with E-state index in [2.05, 4.69) is 4.74 Å². The van der Waals surface area contributed by atoms with Gasteiger partial charge in [0, 0.05) is 13.7 Å². The van der Waals surface area contributed by atoms with Crippen molar-refractivity contribution in [3.05, 3.63) is 23.8 Å². The van der Waals surface area contributed by atoms with Gasteiger partial charge in [-0.1, -0.05) is 0 Å². The van der Waals surface area contributed by atoms with E-state index in [0.29, 0.717) is 19.6 Å². The highest BCUT2D eigenvalue weighted by Gasteiger charge is 2.32. The van der Waals surface area contributed by atoms with Crippen LogP contribution in [0.25, 0.3) is 0 Å². The Morgan fingerprint density at radius 3 is 2.71 bits per heavy atom. The molecule has 1 aromatic carbocycles. The molecule has 1 fully saturated rings. The number of hydrogen-bond acceptors (Lipinski definition) is 6. The predicted octanol–water partition coefficient (Wildman–Crippen LogP) is 0.465. The molecular weight excluding hydrogens is 296 g/mol. The molecule has 1 atom stereocenters. The number of nitrogen functional groups attached to an aromatic ring is 1. The Balaban J connectivity index is 2.34. The normalized spacial score (nSPS) is 18.9. The van der Waals surface area contributed by atoms with Crippen LogP contribution in [0.1, 0.15) is 16.8 Å². The number of likely N-dealkylation sites (N-methyl/N-ethyl adjacent to an activating group) is 1. The molecule has 1 aliphatic rings. The Hall–Kier alpha value is -1.64. The van der Waals surface area contributed by atoms with Gasteiger partial charge in [-0.3, -0.25) is 0 Å². The first-order valence-corrected chi connectivity index (χ1v) is 7.85. The Morgan fingerprint density at radius 1 is 1.48 bits per heavy atom. The number of hydrogen-bond donors (Lipinski definition) is 1. The first-order valence-electron chi connectivity index (χ1n) is 6.41. The topological polar surface area (TPSA) is 98.9 Å². The van der Waals surface area contributed by atoms with E-state index in [9.17, 15) is 13.2 Å². The molecule has 1 aromatic rings. The van der Waals surface area contributed by atoms with Crippen LogP contribution < -0.4 is 5.73 Å². The van der Waals surface area contributed by atoms with Crippen molar-refractivity contribution in [1.29, 1.82) is 0 Å². The van der Waals surface area contributed by atoms with Gasteiger partial charge in [-0.05, 0) is 24.6 Å². The van der Waals surface area contributed by atoms with Crippen molar-refractivity contribution in [2.24, 2.45) is 0 Å². The fourth-order valence-corrected chi connectivity index (χ4v) is 3.65. The van der Waals surface area contributed by atoms with Crippen LogP contribution in [-0.2, 0) is 19.5 Å². The second-order valence-corrected chi connectivity index (χ2v) is 6.75. The summed E-state index contributed by atoms with van der Waals surface area (Å²) >= 11 is 0. The minimum absolute atomic E-state index is 0.0173. The van der Waals surface area contributed by atoms with Crippen LogP contribution in [0.3, 0.4) is 0 Å². The summed E-state index contributed by atoms with van der Waals surface area (Å²) < 4.78 is 36.2. The van der Waals surface area contributed by atoms with Crippen LogP contribution in [0.4, 0.5) is 5.69 Å². The highest BCUT2D eigenvalue weighted by atomic mass is 32.2. The molecule has 1 saturated heterocycles. The molecule has 0 radical (unpaired) electrons. The third-order valence-corrected chi connectivity index (χ3v) is 5.49. The summed E-state index contributed by atoms with van der Waals surface area (Å²) in [7, 11) is -0.977. The molecule has 2 N–H and O–H groups in total. The Bertz CT molecular complexity index is 638. The number of esters is 1. The van der Waals surface area contributed by atoms with Gasteiger partial charge in [0.1, 0.15) is 4.90 Å². The summed E-state index contributed by atoms with van der Waals surface area (Å²) in [5.41, 5.74) is 6.02. The molecule has 8 heteroatoms. The summed E-state index contributed by atoms with van der Waals surface area (Å²) in [4.78, 5) is 11.4. The number of methoxy groups -OCH3 is 1. The van der Waals surface area contributed by atoms with E-state index in [-0.39, 0.29) is 22.2 Å². The number of ether oxygens (including phenoxy) is 2. The number of anilines is 1. The number of rotatable bonds is 4. The van der Waals surface area contributed by atoms with Crippen molar-refractivity contribution in [3.63, 3.8) is 0 Å². The molecule has 0 saturated carbocycles. The van der Waals surface area contributed by atoms with Gasteiger partial charge in [-0.25, -0.2) is 13.2 Å². The first kappa shape index (κ1) is 15.7. The highest BCUT2D eigenvalue weighted by molar-refractivity contribution is 7.89. The monoisotopic (exact) mass is 314 g/mol. The van der Waals surface area contributed by atoms with Gasteiger partial charge in [-0.2, -0.15) is 4.31 Å². The van der Waals surface area contributed by atoms with Gasteiger partial charge in [0.25, 0.3) is 0 Å².